The van der Waals surface area contributed by atoms with Crippen molar-refractivity contribution >= 4 is 17.6 Å². The Bertz CT molecular complexity index is 607. The molecule has 2 aromatic rings. The van der Waals surface area contributed by atoms with E-state index in [1.165, 1.54) is 0 Å². The highest BCUT2D eigenvalue weighted by Gasteiger charge is 2.28. The van der Waals surface area contributed by atoms with Crippen molar-refractivity contribution in [1.82, 2.24) is 0 Å². The first kappa shape index (κ1) is 11.3. The zero-order valence-electron chi connectivity index (χ0n) is 9.60. The van der Waals surface area contributed by atoms with Crippen molar-refractivity contribution in [1.29, 1.82) is 0 Å². The van der Waals surface area contributed by atoms with Gasteiger partial charge in [0.25, 0.3) is 0 Å². The topological polar surface area (TPSA) is 26.3 Å². The second-order valence-corrected chi connectivity index (χ2v) is 4.68. The molecule has 0 bridgehead atoms. The Morgan fingerprint density at radius 1 is 1.06 bits per heavy atom. The molecule has 1 atom stereocenters. The van der Waals surface area contributed by atoms with Crippen LogP contribution in [0.25, 0.3) is 0 Å². The van der Waals surface area contributed by atoms with Gasteiger partial charge in [-0.25, -0.2) is 4.79 Å². The molecule has 18 heavy (non-hydrogen) atoms. The van der Waals surface area contributed by atoms with Crippen LogP contribution in [0.5, 0.6) is 0 Å². The molecule has 0 saturated heterocycles. The predicted molar refractivity (Wildman–Crippen MR) is 69.8 cm³/mol. The predicted octanol–water partition coefficient (Wildman–Crippen LogP) is 3.79. The zero-order chi connectivity index (χ0) is 12.5. The van der Waals surface area contributed by atoms with Crippen molar-refractivity contribution in [3.05, 3.63) is 70.2 Å². The summed E-state index contributed by atoms with van der Waals surface area (Å²) in [7, 11) is 0. The van der Waals surface area contributed by atoms with Crippen LogP contribution in [0.2, 0.25) is 5.02 Å². The van der Waals surface area contributed by atoms with Gasteiger partial charge in [0.1, 0.15) is 6.10 Å². The van der Waals surface area contributed by atoms with Gasteiger partial charge in [0.2, 0.25) is 0 Å². The number of rotatable bonds is 1. The Hall–Kier alpha value is -1.80. The van der Waals surface area contributed by atoms with E-state index in [0.717, 1.165) is 11.1 Å². The molecule has 1 aliphatic rings. The van der Waals surface area contributed by atoms with Crippen LogP contribution in [0.4, 0.5) is 0 Å². The monoisotopic (exact) mass is 258 g/mol. The quantitative estimate of drug-likeness (QED) is 0.728. The summed E-state index contributed by atoms with van der Waals surface area (Å²) < 4.78 is 5.46. The third-order valence-electron chi connectivity index (χ3n) is 3.14. The van der Waals surface area contributed by atoms with Gasteiger partial charge in [0.05, 0.1) is 5.56 Å². The van der Waals surface area contributed by atoms with Crippen molar-refractivity contribution in [3.8, 4) is 0 Å². The van der Waals surface area contributed by atoms with E-state index in [9.17, 15) is 4.79 Å². The average molecular weight is 259 g/mol. The number of carbonyl (C=O) groups is 1. The first-order chi connectivity index (χ1) is 8.75. The van der Waals surface area contributed by atoms with E-state index < -0.39 is 0 Å². The average Bonchev–Trinajstić information content (AvgIpc) is 2.39. The van der Waals surface area contributed by atoms with Crippen LogP contribution in [-0.2, 0) is 11.2 Å². The van der Waals surface area contributed by atoms with Crippen LogP contribution in [-0.4, -0.2) is 5.97 Å². The molecule has 0 unspecified atom stereocenters. The highest BCUT2D eigenvalue weighted by Crippen LogP contribution is 2.33. The molecule has 0 aliphatic carbocycles. The van der Waals surface area contributed by atoms with Crippen LogP contribution in [0.15, 0.2) is 48.5 Å². The van der Waals surface area contributed by atoms with Gasteiger partial charge < -0.3 is 4.74 Å². The van der Waals surface area contributed by atoms with Gasteiger partial charge in [-0.3, -0.25) is 0 Å². The molecule has 0 N–H and O–H groups in total. The molecule has 2 aromatic carbocycles. The number of benzene rings is 2. The van der Waals surface area contributed by atoms with Crippen LogP contribution >= 0.6 is 11.6 Å². The Morgan fingerprint density at radius 2 is 1.78 bits per heavy atom. The van der Waals surface area contributed by atoms with Crippen molar-refractivity contribution < 1.29 is 9.53 Å². The van der Waals surface area contributed by atoms with Crippen molar-refractivity contribution in [2.24, 2.45) is 0 Å². The Labute approximate surface area is 110 Å². The Morgan fingerprint density at radius 3 is 2.61 bits per heavy atom. The summed E-state index contributed by atoms with van der Waals surface area (Å²) in [6, 6.07) is 15.0. The molecule has 0 amide bonds. The largest absolute Gasteiger partial charge is 0.453 e. The summed E-state index contributed by atoms with van der Waals surface area (Å²) in [6.07, 6.45) is 0.382. The van der Waals surface area contributed by atoms with Gasteiger partial charge in [-0.15, -0.1) is 0 Å². The minimum Gasteiger partial charge on any atom is -0.453 e. The van der Waals surface area contributed by atoms with E-state index in [1.807, 2.05) is 42.5 Å². The number of carbonyl (C=O) groups excluding carboxylic acids is 1. The van der Waals surface area contributed by atoms with Crippen LogP contribution < -0.4 is 0 Å². The molecule has 0 saturated carbocycles. The third-order valence-corrected chi connectivity index (χ3v) is 3.49. The summed E-state index contributed by atoms with van der Waals surface area (Å²) in [6.45, 7) is 0. The molecular weight excluding hydrogens is 248 g/mol. The summed E-state index contributed by atoms with van der Waals surface area (Å²) in [4.78, 5) is 11.9. The molecule has 0 aromatic heterocycles. The number of fused-ring (bicyclic) bond motifs is 1. The summed E-state index contributed by atoms with van der Waals surface area (Å²) >= 11 is 6.14. The molecule has 1 heterocycles. The first-order valence-electron chi connectivity index (χ1n) is 5.79. The Balaban J connectivity index is 2.00. The van der Waals surface area contributed by atoms with Crippen LogP contribution in [0.1, 0.15) is 27.6 Å². The number of ether oxygens (including phenoxy) is 1. The zero-order valence-corrected chi connectivity index (χ0v) is 10.4. The van der Waals surface area contributed by atoms with Gasteiger partial charge in [0, 0.05) is 17.0 Å². The number of esters is 1. The minimum atomic E-state index is -0.291. The fraction of sp³-hybridized carbons (Fsp3) is 0.133. The van der Waals surface area contributed by atoms with Gasteiger partial charge in [-0.05, 0) is 17.7 Å². The first-order valence-corrected chi connectivity index (χ1v) is 6.17. The lowest BCUT2D eigenvalue weighted by molar-refractivity contribution is 0.0253. The smallest absolute Gasteiger partial charge is 0.339 e. The SMILES string of the molecule is O=C1O[C@H](c2ccccc2Cl)Cc2ccccc21. The highest BCUT2D eigenvalue weighted by molar-refractivity contribution is 6.31. The molecule has 0 fully saturated rings. The molecular formula is C15H11ClO2. The van der Waals surface area contributed by atoms with E-state index in [1.54, 1.807) is 6.07 Å². The number of hydrogen-bond donors (Lipinski definition) is 0. The van der Waals surface area contributed by atoms with Crippen molar-refractivity contribution in [2.75, 3.05) is 0 Å². The molecule has 2 nitrogen and oxygen atoms in total. The second-order valence-electron chi connectivity index (χ2n) is 4.28. The molecule has 3 heteroatoms. The lowest BCUT2D eigenvalue weighted by atomic mass is 9.95. The molecule has 90 valence electrons. The Kier molecular flexibility index (Phi) is 2.80. The van der Waals surface area contributed by atoms with Gasteiger partial charge >= 0.3 is 5.97 Å². The standard InChI is InChI=1S/C15H11ClO2/c16-13-8-4-3-7-12(13)14-9-10-5-1-2-6-11(10)15(17)18-14/h1-8,14H,9H2/t14-/m0/s1. The van der Waals surface area contributed by atoms with E-state index >= 15 is 0 Å². The van der Waals surface area contributed by atoms with Gasteiger partial charge in [-0.2, -0.15) is 0 Å². The van der Waals surface area contributed by atoms with E-state index in [-0.39, 0.29) is 12.1 Å². The fourth-order valence-corrected chi connectivity index (χ4v) is 2.50. The second kappa shape index (κ2) is 4.46. The molecule has 0 radical (unpaired) electrons. The maximum absolute atomic E-state index is 11.9. The lowest BCUT2D eigenvalue weighted by Crippen LogP contribution is -2.21. The maximum Gasteiger partial charge on any atom is 0.339 e. The molecule has 3 rings (SSSR count). The minimum absolute atomic E-state index is 0.276. The maximum atomic E-state index is 11.9. The normalized spacial score (nSPS) is 18.1. The number of cyclic esters (lactones) is 1. The van der Waals surface area contributed by atoms with Gasteiger partial charge in [-0.1, -0.05) is 48.0 Å². The van der Waals surface area contributed by atoms with E-state index in [4.69, 9.17) is 16.3 Å². The van der Waals surface area contributed by atoms with Crippen molar-refractivity contribution in [3.63, 3.8) is 0 Å². The van der Waals surface area contributed by atoms with Crippen LogP contribution in [0.3, 0.4) is 0 Å². The summed E-state index contributed by atoms with van der Waals surface area (Å²) in [5, 5.41) is 0.634. The third kappa shape index (κ3) is 1.89. The molecule has 1 aliphatic heterocycles. The van der Waals surface area contributed by atoms with E-state index in [2.05, 4.69) is 0 Å². The molecule has 0 spiro atoms. The summed E-state index contributed by atoms with van der Waals surface area (Å²) in [5.74, 6) is -0.276. The summed E-state index contributed by atoms with van der Waals surface area (Å²) in [5.41, 5.74) is 2.53. The highest BCUT2D eigenvalue weighted by atomic mass is 35.5. The van der Waals surface area contributed by atoms with E-state index in [0.29, 0.717) is 17.0 Å². The van der Waals surface area contributed by atoms with Gasteiger partial charge in [0.15, 0.2) is 0 Å². The van der Waals surface area contributed by atoms with Crippen LogP contribution in [0, 0.1) is 0 Å². The lowest BCUT2D eigenvalue weighted by Gasteiger charge is -2.25. The number of halogens is 1. The van der Waals surface area contributed by atoms with Crippen molar-refractivity contribution in [2.45, 2.75) is 12.5 Å². The fourth-order valence-electron chi connectivity index (χ4n) is 2.24. The number of hydrogen-bond acceptors (Lipinski definition) is 2.